The summed E-state index contributed by atoms with van der Waals surface area (Å²) in [5.74, 6) is -1.22. The first-order valence-electron chi connectivity index (χ1n) is 5.89. The summed E-state index contributed by atoms with van der Waals surface area (Å²) in [7, 11) is 0. The number of rotatable bonds is 4. The highest BCUT2D eigenvalue weighted by atomic mass is 35.5. The lowest BCUT2D eigenvalue weighted by molar-refractivity contribution is -0.387. The molecule has 0 fully saturated rings. The first-order chi connectivity index (χ1) is 10.8. The van der Waals surface area contributed by atoms with Crippen LogP contribution < -0.4 is 5.56 Å². The van der Waals surface area contributed by atoms with Crippen LogP contribution in [0, 0.1) is 20.2 Å². The molecule has 0 amide bonds. The molecule has 1 aromatic heterocycles. The van der Waals surface area contributed by atoms with E-state index in [9.17, 15) is 30.1 Å². The number of nitrogens with one attached hydrogen (secondary N) is 1. The van der Waals surface area contributed by atoms with Crippen molar-refractivity contribution in [1.29, 1.82) is 0 Å². The van der Waals surface area contributed by atoms with E-state index in [1.54, 1.807) is 0 Å². The first kappa shape index (κ1) is 16.1. The van der Waals surface area contributed by atoms with Gasteiger partial charge in [-0.1, -0.05) is 11.6 Å². The summed E-state index contributed by atoms with van der Waals surface area (Å²) in [6.45, 7) is 0. The molecule has 1 aromatic carbocycles. The van der Waals surface area contributed by atoms with E-state index in [2.05, 4.69) is 9.97 Å². The van der Waals surface area contributed by atoms with Gasteiger partial charge in [0.15, 0.2) is 0 Å². The fourth-order valence-electron chi connectivity index (χ4n) is 1.66. The van der Waals surface area contributed by atoms with Crippen LogP contribution in [0.15, 0.2) is 23.0 Å². The van der Waals surface area contributed by atoms with Gasteiger partial charge in [0.05, 0.1) is 9.85 Å². The standard InChI is InChI=1S/C12H7ClN4O6/c13-8-3-2-7(16(20)21)5-6(8)1-4-9-14-11(18)10(17(22)23)12(19)15-9/h1-5H,(H2,14,15,18,19)/b4-1+. The number of nitro benzene ring substituents is 1. The Balaban J connectivity index is 2.42. The lowest BCUT2D eigenvalue weighted by Gasteiger charge is -1.99. The molecule has 0 unspecified atom stereocenters. The van der Waals surface area contributed by atoms with Crippen LogP contribution in [0.1, 0.15) is 11.4 Å². The van der Waals surface area contributed by atoms with Gasteiger partial charge < -0.3 is 10.1 Å². The first-order valence-corrected chi connectivity index (χ1v) is 6.27. The van der Waals surface area contributed by atoms with Crippen molar-refractivity contribution >= 4 is 35.1 Å². The maximum absolute atomic E-state index is 11.5. The minimum absolute atomic E-state index is 0.180. The molecule has 0 bridgehead atoms. The molecular formula is C12H7ClN4O6. The summed E-state index contributed by atoms with van der Waals surface area (Å²) in [5, 5.41) is 30.9. The minimum atomic E-state index is -1.13. The number of non-ortho nitro benzene ring substituents is 1. The summed E-state index contributed by atoms with van der Waals surface area (Å²) in [6.07, 6.45) is 2.49. The van der Waals surface area contributed by atoms with Crippen molar-refractivity contribution < 1.29 is 15.0 Å². The van der Waals surface area contributed by atoms with Crippen molar-refractivity contribution in [2.24, 2.45) is 0 Å². The van der Waals surface area contributed by atoms with E-state index < -0.39 is 27.0 Å². The van der Waals surface area contributed by atoms with Crippen LogP contribution >= 0.6 is 11.6 Å². The molecule has 0 aliphatic heterocycles. The van der Waals surface area contributed by atoms with Crippen molar-refractivity contribution in [3.8, 4) is 5.88 Å². The highest BCUT2D eigenvalue weighted by Crippen LogP contribution is 2.24. The average Bonchev–Trinajstić information content (AvgIpc) is 2.45. The van der Waals surface area contributed by atoms with Gasteiger partial charge in [0.2, 0.25) is 0 Å². The van der Waals surface area contributed by atoms with Crippen LogP contribution in [-0.2, 0) is 0 Å². The molecule has 1 heterocycles. The molecule has 2 rings (SSSR count). The number of hydrogen-bond donors (Lipinski definition) is 2. The summed E-state index contributed by atoms with van der Waals surface area (Å²) in [5.41, 5.74) is -2.13. The highest BCUT2D eigenvalue weighted by Gasteiger charge is 2.21. The van der Waals surface area contributed by atoms with Gasteiger partial charge in [-0.15, -0.1) is 0 Å². The van der Waals surface area contributed by atoms with E-state index in [0.29, 0.717) is 0 Å². The summed E-state index contributed by atoms with van der Waals surface area (Å²) in [4.78, 5) is 36.6. The van der Waals surface area contributed by atoms with Crippen molar-refractivity contribution in [1.82, 2.24) is 9.97 Å². The predicted octanol–water partition coefficient (Wildman–Crippen LogP) is 2.12. The number of benzene rings is 1. The zero-order chi connectivity index (χ0) is 17.1. The Bertz CT molecular complexity index is 892. The Kier molecular flexibility index (Phi) is 4.37. The molecule has 0 atom stereocenters. The second kappa shape index (κ2) is 6.23. The van der Waals surface area contributed by atoms with E-state index in [1.165, 1.54) is 30.4 Å². The number of aromatic hydroxyl groups is 1. The zero-order valence-electron chi connectivity index (χ0n) is 11.1. The predicted molar refractivity (Wildman–Crippen MR) is 80.2 cm³/mol. The average molecular weight is 339 g/mol. The molecule has 0 saturated heterocycles. The number of aromatic nitrogens is 2. The molecule has 0 aliphatic carbocycles. The van der Waals surface area contributed by atoms with Crippen LogP contribution in [0.4, 0.5) is 11.4 Å². The van der Waals surface area contributed by atoms with Crippen LogP contribution in [-0.4, -0.2) is 24.9 Å². The normalized spacial score (nSPS) is 10.8. The quantitative estimate of drug-likeness (QED) is 0.639. The molecule has 118 valence electrons. The Morgan fingerprint density at radius 1 is 1.22 bits per heavy atom. The molecule has 2 aromatic rings. The lowest BCUT2D eigenvalue weighted by atomic mass is 10.2. The fraction of sp³-hybridized carbons (Fsp3) is 0. The molecule has 0 spiro atoms. The maximum atomic E-state index is 11.5. The van der Waals surface area contributed by atoms with Crippen molar-refractivity contribution in [2.45, 2.75) is 0 Å². The van der Waals surface area contributed by atoms with Crippen molar-refractivity contribution in [2.75, 3.05) is 0 Å². The second-order valence-electron chi connectivity index (χ2n) is 4.18. The minimum Gasteiger partial charge on any atom is -0.488 e. The van der Waals surface area contributed by atoms with Gasteiger partial charge in [-0.3, -0.25) is 25.0 Å². The van der Waals surface area contributed by atoms with Crippen LogP contribution in [0.25, 0.3) is 12.2 Å². The van der Waals surface area contributed by atoms with Gasteiger partial charge in [-0.2, -0.15) is 4.98 Å². The van der Waals surface area contributed by atoms with Gasteiger partial charge >= 0.3 is 11.2 Å². The van der Waals surface area contributed by atoms with E-state index in [-0.39, 0.29) is 22.1 Å². The van der Waals surface area contributed by atoms with Gasteiger partial charge in [0.1, 0.15) is 5.82 Å². The van der Waals surface area contributed by atoms with Gasteiger partial charge in [-0.05, 0) is 23.8 Å². The molecule has 0 saturated carbocycles. The van der Waals surface area contributed by atoms with Crippen LogP contribution in [0.5, 0.6) is 5.88 Å². The third kappa shape index (κ3) is 3.49. The third-order valence-corrected chi connectivity index (χ3v) is 3.03. The van der Waals surface area contributed by atoms with E-state index in [1.807, 2.05) is 0 Å². The second-order valence-corrected chi connectivity index (χ2v) is 4.58. The monoisotopic (exact) mass is 338 g/mol. The van der Waals surface area contributed by atoms with E-state index in [0.717, 1.165) is 0 Å². The molecule has 0 aliphatic rings. The topological polar surface area (TPSA) is 152 Å². The Hall–Kier alpha value is -3.27. The zero-order valence-corrected chi connectivity index (χ0v) is 11.9. The number of aromatic amines is 1. The SMILES string of the molecule is O=c1[nH]c(/C=C/c2cc([N+](=O)[O-])ccc2Cl)nc(O)c1[N+](=O)[O-]. The molecule has 11 heteroatoms. The summed E-state index contributed by atoms with van der Waals surface area (Å²) in [6, 6.07) is 3.74. The van der Waals surface area contributed by atoms with Crippen LogP contribution in [0.3, 0.4) is 0 Å². The Labute approximate surface area is 132 Å². The number of hydrogen-bond acceptors (Lipinski definition) is 7. The Morgan fingerprint density at radius 2 is 1.91 bits per heavy atom. The molecule has 0 radical (unpaired) electrons. The lowest BCUT2D eigenvalue weighted by Crippen LogP contribution is -2.14. The van der Waals surface area contributed by atoms with Crippen LogP contribution in [0.2, 0.25) is 5.02 Å². The van der Waals surface area contributed by atoms with Gasteiger partial charge in [0.25, 0.3) is 11.6 Å². The number of nitro groups is 2. The van der Waals surface area contributed by atoms with Crippen molar-refractivity contribution in [3.63, 3.8) is 0 Å². The molecule has 23 heavy (non-hydrogen) atoms. The van der Waals surface area contributed by atoms with Crippen molar-refractivity contribution in [3.05, 3.63) is 65.2 Å². The maximum Gasteiger partial charge on any atom is 0.395 e. The summed E-state index contributed by atoms with van der Waals surface area (Å²) < 4.78 is 0. The summed E-state index contributed by atoms with van der Waals surface area (Å²) >= 11 is 5.89. The van der Waals surface area contributed by atoms with E-state index in [4.69, 9.17) is 11.6 Å². The number of H-pyrrole nitrogens is 1. The van der Waals surface area contributed by atoms with Gasteiger partial charge in [-0.25, -0.2) is 0 Å². The molecule has 10 nitrogen and oxygen atoms in total. The molecule has 2 N–H and O–H groups in total. The highest BCUT2D eigenvalue weighted by molar-refractivity contribution is 6.32. The van der Waals surface area contributed by atoms with E-state index >= 15 is 0 Å². The Morgan fingerprint density at radius 3 is 2.48 bits per heavy atom. The number of nitrogens with zero attached hydrogens (tertiary/aromatic N) is 3. The number of halogens is 1. The largest absolute Gasteiger partial charge is 0.488 e. The smallest absolute Gasteiger partial charge is 0.395 e. The third-order valence-electron chi connectivity index (χ3n) is 2.69. The molecular weight excluding hydrogens is 332 g/mol. The van der Waals surface area contributed by atoms with Gasteiger partial charge in [0, 0.05) is 17.2 Å². The fourth-order valence-corrected chi connectivity index (χ4v) is 1.84.